The molecule has 0 saturated carbocycles. The van der Waals surface area contributed by atoms with Gasteiger partial charge in [-0.3, -0.25) is 0 Å². The van der Waals surface area contributed by atoms with Crippen LogP contribution in [0.15, 0.2) is 48.5 Å². The van der Waals surface area contributed by atoms with Crippen molar-refractivity contribution < 1.29 is 13.2 Å². The molecular weight excluding hydrogens is 273 g/mol. The smallest absolute Gasteiger partial charge is 0.166 e. The van der Waals surface area contributed by atoms with E-state index in [0.717, 1.165) is 11.6 Å². The van der Waals surface area contributed by atoms with Crippen molar-refractivity contribution in [1.82, 2.24) is 0 Å². The summed E-state index contributed by atoms with van der Waals surface area (Å²) in [5, 5.41) is 0.562. The van der Waals surface area contributed by atoms with Crippen molar-refractivity contribution in [2.45, 2.75) is 19.0 Å². The first kappa shape index (κ1) is 13.9. The van der Waals surface area contributed by atoms with E-state index in [2.05, 4.69) is 0 Å². The van der Waals surface area contributed by atoms with Crippen molar-refractivity contribution in [3.63, 3.8) is 0 Å². The molecule has 0 bridgehead atoms. The topological polar surface area (TPSA) is 0 Å². The third-order valence-corrected chi connectivity index (χ3v) is 3.43. The Balaban J connectivity index is 2.40. The lowest BCUT2D eigenvalue weighted by atomic mass is 9.92. The Hall–Kier alpha value is -1.48. The number of hydrogen-bond acceptors (Lipinski definition) is 0. The minimum atomic E-state index is -4.32. The van der Waals surface area contributed by atoms with E-state index in [-0.39, 0.29) is 5.92 Å². The van der Waals surface area contributed by atoms with Crippen LogP contribution in [0, 0.1) is 0 Å². The van der Waals surface area contributed by atoms with Crippen LogP contribution in [0.2, 0.25) is 5.02 Å². The highest BCUT2D eigenvalue weighted by Crippen LogP contribution is 2.34. The molecule has 0 aliphatic rings. The second-order valence-corrected chi connectivity index (χ2v) is 4.77. The molecule has 0 amide bonds. The van der Waals surface area contributed by atoms with Crippen LogP contribution in [0.5, 0.6) is 0 Å². The minimum Gasteiger partial charge on any atom is -0.166 e. The average Bonchev–Trinajstić information content (AvgIpc) is 2.38. The van der Waals surface area contributed by atoms with Crippen molar-refractivity contribution in [1.29, 1.82) is 0 Å². The SMILES string of the molecule is C[C@H](c1cccc(C(F)(F)F)c1)c1ccccc1Cl. The Morgan fingerprint density at radius 3 is 2.32 bits per heavy atom. The molecule has 0 N–H and O–H groups in total. The van der Waals surface area contributed by atoms with Gasteiger partial charge in [0.25, 0.3) is 0 Å². The summed E-state index contributed by atoms with van der Waals surface area (Å²) in [6, 6.07) is 12.5. The van der Waals surface area contributed by atoms with Gasteiger partial charge in [0, 0.05) is 10.9 Å². The largest absolute Gasteiger partial charge is 0.416 e. The van der Waals surface area contributed by atoms with E-state index >= 15 is 0 Å². The van der Waals surface area contributed by atoms with Crippen LogP contribution in [-0.2, 0) is 6.18 Å². The molecule has 0 heterocycles. The monoisotopic (exact) mass is 284 g/mol. The third-order valence-electron chi connectivity index (χ3n) is 3.09. The van der Waals surface area contributed by atoms with Crippen LogP contribution < -0.4 is 0 Å². The predicted octanol–water partition coefficient (Wildman–Crippen LogP) is 5.51. The van der Waals surface area contributed by atoms with Crippen molar-refractivity contribution >= 4 is 11.6 Å². The minimum absolute atomic E-state index is 0.184. The van der Waals surface area contributed by atoms with Crippen molar-refractivity contribution in [2.24, 2.45) is 0 Å². The molecule has 0 nitrogen and oxygen atoms in total. The van der Waals surface area contributed by atoms with Gasteiger partial charge in [-0.05, 0) is 23.3 Å². The number of halogens is 4. The lowest BCUT2D eigenvalue weighted by molar-refractivity contribution is -0.137. The molecule has 0 saturated heterocycles. The van der Waals surface area contributed by atoms with Gasteiger partial charge in [0.05, 0.1) is 5.56 Å². The zero-order valence-electron chi connectivity index (χ0n) is 10.2. The van der Waals surface area contributed by atoms with Gasteiger partial charge in [-0.2, -0.15) is 13.2 Å². The third kappa shape index (κ3) is 3.10. The van der Waals surface area contributed by atoms with Gasteiger partial charge in [-0.1, -0.05) is 54.9 Å². The Labute approximate surface area is 114 Å². The number of benzene rings is 2. The Bertz CT molecular complexity index is 576. The van der Waals surface area contributed by atoms with Gasteiger partial charge >= 0.3 is 6.18 Å². The van der Waals surface area contributed by atoms with Crippen molar-refractivity contribution in [3.8, 4) is 0 Å². The van der Waals surface area contributed by atoms with Crippen LogP contribution in [0.3, 0.4) is 0 Å². The summed E-state index contributed by atoms with van der Waals surface area (Å²) in [6.45, 7) is 1.84. The highest BCUT2D eigenvalue weighted by Gasteiger charge is 2.30. The molecule has 2 rings (SSSR count). The van der Waals surface area contributed by atoms with E-state index in [1.54, 1.807) is 18.2 Å². The van der Waals surface area contributed by atoms with Crippen molar-refractivity contribution in [2.75, 3.05) is 0 Å². The number of hydrogen-bond donors (Lipinski definition) is 0. The fourth-order valence-corrected chi connectivity index (χ4v) is 2.29. The van der Waals surface area contributed by atoms with E-state index in [4.69, 9.17) is 11.6 Å². The predicted molar refractivity (Wildman–Crippen MR) is 70.4 cm³/mol. The van der Waals surface area contributed by atoms with Gasteiger partial charge in [0.1, 0.15) is 0 Å². The molecule has 100 valence electrons. The maximum absolute atomic E-state index is 12.7. The highest BCUT2D eigenvalue weighted by molar-refractivity contribution is 6.31. The molecule has 4 heteroatoms. The fraction of sp³-hybridized carbons (Fsp3) is 0.200. The summed E-state index contributed by atoms with van der Waals surface area (Å²) in [7, 11) is 0. The Morgan fingerprint density at radius 2 is 1.68 bits per heavy atom. The van der Waals surface area contributed by atoms with Crippen LogP contribution in [0.1, 0.15) is 29.5 Å². The van der Waals surface area contributed by atoms with E-state index in [0.29, 0.717) is 10.6 Å². The molecule has 0 aliphatic carbocycles. The molecule has 2 aromatic carbocycles. The fourth-order valence-electron chi connectivity index (χ4n) is 1.99. The molecule has 0 aromatic heterocycles. The quantitative estimate of drug-likeness (QED) is 0.682. The summed E-state index contributed by atoms with van der Waals surface area (Å²) in [5.41, 5.74) is 0.787. The molecule has 0 fully saturated rings. The maximum atomic E-state index is 12.7. The van der Waals surface area contributed by atoms with E-state index < -0.39 is 11.7 Å². The van der Waals surface area contributed by atoms with Gasteiger partial charge in [-0.25, -0.2) is 0 Å². The molecule has 1 atom stereocenters. The van der Waals surface area contributed by atoms with Gasteiger partial charge in [0.15, 0.2) is 0 Å². The first-order valence-corrected chi connectivity index (χ1v) is 6.19. The molecule has 0 radical (unpaired) electrons. The van der Waals surface area contributed by atoms with E-state index in [1.165, 1.54) is 12.1 Å². The number of alkyl halides is 3. The van der Waals surface area contributed by atoms with Crippen LogP contribution in [0.25, 0.3) is 0 Å². The second-order valence-electron chi connectivity index (χ2n) is 4.37. The molecular formula is C15H12ClF3. The molecule has 0 spiro atoms. The lowest BCUT2D eigenvalue weighted by Gasteiger charge is -2.16. The molecule has 0 unspecified atom stereocenters. The second kappa shape index (κ2) is 5.25. The van der Waals surface area contributed by atoms with E-state index in [9.17, 15) is 13.2 Å². The zero-order chi connectivity index (χ0) is 14.0. The first-order chi connectivity index (χ1) is 8.89. The summed E-state index contributed by atoms with van der Waals surface area (Å²) >= 11 is 6.08. The summed E-state index contributed by atoms with van der Waals surface area (Å²) in [5.74, 6) is -0.184. The highest BCUT2D eigenvalue weighted by atomic mass is 35.5. The maximum Gasteiger partial charge on any atom is 0.416 e. The van der Waals surface area contributed by atoms with Gasteiger partial charge < -0.3 is 0 Å². The van der Waals surface area contributed by atoms with Crippen LogP contribution >= 0.6 is 11.6 Å². The summed E-state index contributed by atoms with van der Waals surface area (Å²) in [6.07, 6.45) is -4.32. The van der Waals surface area contributed by atoms with Gasteiger partial charge in [-0.15, -0.1) is 0 Å². The average molecular weight is 285 g/mol. The molecule has 0 aliphatic heterocycles. The number of rotatable bonds is 2. The van der Waals surface area contributed by atoms with Gasteiger partial charge in [0.2, 0.25) is 0 Å². The Morgan fingerprint density at radius 1 is 1.00 bits per heavy atom. The summed E-state index contributed by atoms with van der Waals surface area (Å²) in [4.78, 5) is 0. The first-order valence-electron chi connectivity index (χ1n) is 5.81. The standard InChI is InChI=1S/C15H12ClF3/c1-10(13-7-2-3-8-14(13)16)11-5-4-6-12(9-11)15(17,18)19/h2-10H,1H3/t10-/m1/s1. The van der Waals surface area contributed by atoms with Crippen LogP contribution in [-0.4, -0.2) is 0 Å². The van der Waals surface area contributed by atoms with Crippen molar-refractivity contribution in [3.05, 3.63) is 70.2 Å². The van der Waals surface area contributed by atoms with Crippen LogP contribution in [0.4, 0.5) is 13.2 Å². The zero-order valence-corrected chi connectivity index (χ0v) is 11.0. The Kier molecular flexibility index (Phi) is 3.85. The normalized spacial score (nSPS) is 13.3. The summed E-state index contributed by atoms with van der Waals surface area (Å²) < 4.78 is 38.1. The lowest BCUT2D eigenvalue weighted by Crippen LogP contribution is -2.06. The molecule has 2 aromatic rings. The van der Waals surface area contributed by atoms with E-state index in [1.807, 2.05) is 19.1 Å². The molecule has 19 heavy (non-hydrogen) atoms.